The highest BCUT2D eigenvalue weighted by Gasteiger charge is 2.23. The minimum Gasteiger partial charge on any atom is -0.396 e. The summed E-state index contributed by atoms with van der Waals surface area (Å²) in [4.78, 5) is 13.8. The van der Waals surface area contributed by atoms with Gasteiger partial charge in [0.15, 0.2) is 0 Å². The Kier molecular flexibility index (Phi) is 4.00. The van der Waals surface area contributed by atoms with Gasteiger partial charge in [-0.1, -0.05) is 23.2 Å². The number of nitrogen functional groups attached to an aromatic ring is 1. The SMILES string of the molecule is Nc1c(Cl)cc(C(=O)N2CCC[C@H](O)C2)cc1Cl. The topological polar surface area (TPSA) is 66.6 Å². The number of hydrogen-bond donors (Lipinski definition) is 2. The fourth-order valence-electron chi connectivity index (χ4n) is 2.03. The second kappa shape index (κ2) is 5.34. The maximum absolute atomic E-state index is 12.2. The number of amides is 1. The van der Waals surface area contributed by atoms with Crippen molar-refractivity contribution < 1.29 is 9.90 Å². The Hall–Kier alpha value is -0.970. The van der Waals surface area contributed by atoms with Crippen LogP contribution in [0.4, 0.5) is 5.69 Å². The molecule has 0 aromatic heterocycles. The molecular formula is C12H14Cl2N2O2. The maximum Gasteiger partial charge on any atom is 0.254 e. The van der Waals surface area contributed by atoms with Gasteiger partial charge >= 0.3 is 0 Å². The summed E-state index contributed by atoms with van der Waals surface area (Å²) in [7, 11) is 0. The number of piperidine rings is 1. The largest absolute Gasteiger partial charge is 0.396 e. The highest BCUT2D eigenvalue weighted by Crippen LogP contribution is 2.29. The van der Waals surface area contributed by atoms with Crippen molar-refractivity contribution in [1.29, 1.82) is 0 Å². The zero-order valence-corrected chi connectivity index (χ0v) is 11.2. The lowest BCUT2D eigenvalue weighted by molar-refractivity contribution is 0.0474. The number of rotatable bonds is 1. The lowest BCUT2D eigenvalue weighted by atomic mass is 10.1. The molecule has 0 bridgehead atoms. The van der Waals surface area contributed by atoms with Crippen LogP contribution < -0.4 is 5.73 Å². The van der Waals surface area contributed by atoms with Crippen molar-refractivity contribution in [3.8, 4) is 0 Å². The van der Waals surface area contributed by atoms with E-state index in [1.165, 1.54) is 12.1 Å². The van der Waals surface area contributed by atoms with Gasteiger partial charge in [-0.3, -0.25) is 4.79 Å². The number of aliphatic hydroxyl groups is 1. The molecule has 2 rings (SSSR count). The van der Waals surface area contributed by atoms with E-state index in [4.69, 9.17) is 28.9 Å². The molecule has 98 valence electrons. The summed E-state index contributed by atoms with van der Waals surface area (Å²) in [6, 6.07) is 3.01. The van der Waals surface area contributed by atoms with Crippen LogP contribution in [-0.2, 0) is 0 Å². The van der Waals surface area contributed by atoms with Crippen LogP contribution in [0.25, 0.3) is 0 Å². The van der Waals surface area contributed by atoms with Gasteiger partial charge in [0.1, 0.15) is 0 Å². The molecule has 1 amide bonds. The third kappa shape index (κ3) is 2.71. The number of carbonyl (C=O) groups is 1. The van der Waals surface area contributed by atoms with Crippen molar-refractivity contribution in [2.45, 2.75) is 18.9 Å². The average molecular weight is 289 g/mol. The van der Waals surface area contributed by atoms with Gasteiger partial charge in [0.2, 0.25) is 0 Å². The third-order valence-electron chi connectivity index (χ3n) is 3.01. The van der Waals surface area contributed by atoms with Crippen molar-refractivity contribution in [3.05, 3.63) is 27.7 Å². The number of aliphatic hydroxyl groups excluding tert-OH is 1. The molecule has 1 aliphatic heterocycles. The van der Waals surface area contributed by atoms with Crippen LogP contribution >= 0.6 is 23.2 Å². The number of nitrogens with two attached hydrogens (primary N) is 1. The molecule has 1 aromatic carbocycles. The Morgan fingerprint density at radius 3 is 2.56 bits per heavy atom. The van der Waals surface area contributed by atoms with Gasteiger partial charge in [-0.15, -0.1) is 0 Å². The van der Waals surface area contributed by atoms with Gasteiger partial charge in [-0.05, 0) is 25.0 Å². The quantitative estimate of drug-likeness (QED) is 0.779. The molecule has 1 aliphatic rings. The minimum absolute atomic E-state index is 0.183. The van der Waals surface area contributed by atoms with Gasteiger partial charge in [0, 0.05) is 18.7 Å². The molecule has 6 heteroatoms. The summed E-state index contributed by atoms with van der Waals surface area (Å²) < 4.78 is 0. The lowest BCUT2D eigenvalue weighted by Gasteiger charge is -2.30. The summed E-state index contributed by atoms with van der Waals surface area (Å²) in [5.41, 5.74) is 6.29. The number of likely N-dealkylation sites (tertiary alicyclic amines) is 1. The van der Waals surface area contributed by atoms with Crippen molar-refractivity contribution in [1.82, 2.24) is 4.90 Å². The molecule has 18 heavy (non-hydrogen) atoms. The molecular weight excluding hydrogens is 275 g/mol. The fourth-order valence-corrected chi connectivity index (χ4v) is 2.52. The lowest BCUT2D eigenvalue weighted by Crippen LogP contribution is -2.42. The van der Waals surface area contributed by atoms with E-state index < -0.39 is 6.10 Å². The predicted molar refractivity (Wildman–Crippen MR) is 72.0 cm³/mol. The highest BCUT2D eigenvalue weighted by molar-refractivity contribution is 6.39. The van der Waals surface area contributed by atoms with Crippen LogP contribution in [0, 0.1) is 0 Å². The molecule has 0 unspecified atom stereocenters. The van der Waals surface area contributed by atoms with Gasteiger partial charge in [0.25, 0.3) is 5.91 Å². The van der Waals surface area contributed by atoms with Crippen molar-refractivity contribution >= 4 is 34.8 Å². The van der Waals surface area contributed by atoms with E-state index in [0.717, 1.165) is 12.8 Å². The van der Waals surface area contributed by atoms with Crippen LogP contribution in [0.1, 0.15) is 23.2 Å². The molecule has 0 aliphatic carbocycles. The first-order chi connectivity index (χ1) is 8.49. The number of carbonyl (C=O) groups excluding carboxylic acids is 1. The normalized spacial score (nSPS) is 19.9. The number of benzene rings is 1. The molecule has 1 atom stereocenters. The second-order valence-electron chi connectivity index (χ2n) is 4.40. The second-order valence-corrected chi connectivity index (χ2v) is 5.22. The van der Waals surface area contributed by atoms with E-state index in [9.17, 15) is 9.90 Å². The number of halogens is 2. The molecule has 0 saturated carbocycles. The summed E-state index contributed by atoms with van der Waals surface area (Å²) >= 11 is 11.8. The van der Waals surface area contributed by atoms with Crippen molar-refractivity contribution in [2.24, 2.45) is 0 Å². The third-order valence-corrected chi connectivity index (χ3v) is 3.64. The van der Waals surface area contributed by atoms with Crippen molar-refractivity contribution in [3.63, 3.8) is 0 Å². The standard InChI is InChI=1S/C12H14Cl2N2O2/c13-9-4-7(5-10(14)11(9)15)12(18)16-3-1-2-8(17)6-16/h4-5,8,17H,1-3,6,15H2/t8-/m0/s1. The van der Waals surface area contributed by atoms with E-state index in [1.54, 1.807) is 4.90 Å². The Bertz CT molecular complexity index is 456. The van der Waals surface area contributed by atoms with Crippen LogP contribution in [0.15, 0.2) is 12.1 Å². The van der Waals surface area contributed by atoms with E-state index in [0.29, 0.717) is 18.7 Å². The van der Waals surface area contributed by atoms with Crippen molar-refractivity contribution in [2.75, 3.05) is 18.8 Å². The summed E-state index contributed by atoms with van der Waals surface area (Å²) in [6.45, 7) is 0.980. The van der Waals surface area contributed by atoms with Crippen LogP contribution in [-0.4, -0.2) is 35.1 Å². The Morgan fingerprint density at radius 2 is 2.00 bits per heavy atom. The molecule has 1 aromatic rings. The highest BCUT2D eigenvalue weighted by atomic mass is 35.5. The van der Waals surface area contributed by atoms with Gasteiger partial charge < -0.3 is 15.7 Å². The molecule has 1 saturated heterocycles. The molecule has 1 heterocycles. The van der Waals surface area contributed by atoms with E-state index in [-0.39, 0.29) is 21.6 Å². The smallest absolute Gasteiger partial charge is 0.254 e. The van der Waals surface area contributed by atoms with E-state index >= 15 is 0 Å². The molecule has 4 nitrogen and oxygen atoms in total. The molecule has 3 N–H and O–H groups in total. The zero-order valence-electron chi connectivity index (χ0n) is 9.70. The summed E-state index contributed by atoms with van der Waals surface area (Å²) in [6.07, 6.45) is 1.07. The average Bonchev–Trinajstić information content (AvgIpc) is 2.34. The molecule has 0 spiro atoms. The van der Waals surface area contributed by atoms with Gasteiger partial charge in [-0.25, -0.2) is 0 Å². The van der Waals surface area contributed by atoms with Crippen LogP contribution in [0.3, 0.4) is 0 Å². The maximum atomic E-state index is 12.2. The number of β-amino-alcohol motifs (C(OH)–C–C–N with tert-alkyl or cyclic N) is 1. The summed E-state index contributed by atoms with van der Waals surface area (Å²) in [5, 5.41) is 10.1. The predicted octanol–water partition coefficient (Wildman–Crippen LogP) is 2.17. The molecule has 1 fully saturated rings. The Labute approximate surface area is 115 Å². The summed E-state index contributed by atoms with van der Waals surface area (Å²) in [5.74, 6) is -0.183. The minimum atomic E-state index is -0.456. The number of hydrogen-bond acceptors (Lipinski definition) is 3. The first-order valence-electron chi connectivity index (χ1n) is 5.71. The van der Waals surface area contributed by atoms with E-state index in [1.807, 2.05) is 0 Å². The number of nitrogens with zero attached hydrogens (tertiary/aromatic N) is 1. The van der Waals surface area contributed by atoms with E-state index in [2.05, 4.69) is 0 Å². The first-order valence-corrected chi connectivity index (χ1v) is 6.46. The van der Waals surface area contributed by atoms with Gasteiger partial charge in [-0.2, -0.15) is 0 Å². The monoisotopic (exact) mass is 288 g/mol. The first kappa shape index (κ1) is 13.5. The molecule has 0 radical (unpaired) electrons. The number of anilines is 1. The zero-order chi connectivity index (χ0) is 13.3. The Balaban J connectivity index is 2.23. The fraction of sp³-hybridized carbons (Fsp3) is 0.417. The van der Waals surface area contributed by atoms with Gasteiger partial charge in [0.05, 0.1) is 21.8 Å². The van der Waals surface area contributed by atoms with Crippen LogP contribution in [0.5, 0.6) is 0 Å². The Morgan fingerprint density at radius 1 is 1.39 bits per heavy atom. The van der Waals surface area contributed by atoms with Crippen LogP contribution in [0.2, 0.25) is 10.0 Å².